The van der Waals surface area contributed by atoms with Gasteiger partial charge in [-0.3, -0.25) is 14.3 Å². The minimum absolute atomic E-state index is 0.0702. The second-order valence-corrected chi connectivity index (χ2v) is 4.99. The van der Waals surface area contributed by atoms with Gasteiger partial charge in [0.2, 0.25) is 11.7 Å². The number of imidazole rings is 1. The molecule has 1 saturated heterocycles. The molecule has 0 saturated carbocycles. The number of aliphatic hydroxyl groups excluding tert-OH is 3. The zero-order valence-corrected chi connectivity index (χ0v) is 11.2. The van der Waals surface area contributed by atoms with Crippen LogP contribution in [0.4, 0.5) is 5.95 Å². The van der Waals surface area contributed by atoms with E-state index in [4.69, 9.17) is 15.6 Å². The lowest BCUT2D eigenvalue weighted by Crippen LogP contribution is -2.46. The van der Waals surface area contributed by atoms with E-state index in [1.165, 1.54) is 15.5 Å². The van der Waals surface area contributed by atoms with E-state index in [-0.39, 0.29) is 17.1 Å². The quantitative estimate of drug-likeness (QED) is 0.365. The van der Waals surface area contributed by atoms with Crippen molar-refractivity contribution < 1.29 is 24.6 Å². The highest BCUT2D eigenvalue weighted by molar-refractivity contribution is 5.67. The molecular formula is C11H16N5O5+. The minimum atomic E-state index is -1.26. The Morgan fingerprint density at radius 2 is 2.24 bits per heavy atom. The van der Waals surface area contributed by atoms with Gasteiger partial charge in [-0.2, -0.15) is 0 Å². The summed E-state index contributed by atoms with van der Waals surface area (Å²) in [7, 11) is 1.63. The van der Waals surface area contributed by atoms with Crippen LogP contribution in [0.1, 0.15) is 6.23 Å². The maximum Gasteiger partial charge on any atom is 0.313 e. The molecule has 0 amide bonds. The minimum Gasteiger partial charge on any atom is -0.394 e. The van der Waals surface area contributed by atoms with Gasteiger partial charge in [-0.25, -0.2) is 4.57 Å². The summed E-state index contributed by atoms with van der Waals surface area (Å²) >= 11 is 0. The van der Waals surface area contributed by atoms with Crippen molar-refractivity contribution in [2.45, 2.75) is 24.5 Å². The third-order valence-corrected chi connectivity index (χ3v) is 3.58. The molecule has 0 aliphatic carbocycles. The summed E-state index contributed by atoms with van der Waals surface area (Å²) in [5.74, 6) is -0.0702. The Bertz CT molecular complexity index is 740. The van der Waals surface area contributed by atoms with E-state index in [1.807, 2.05) is 0 Å². The first-order valence-corrected chi connectivity index (χ1v) is 6.32. The predicted octanol–water partition coefficient (Wildman–Crippen LogP) is -3.26. The number of nitrogens with two attached hydrogens (primary N) is 1. The first kappa shape index (κ1) is 13.9. The van der Waals surface area contributed by atoms with E-state index in [2.05, 4.69) is 9.97 Å². The molecule has 2 aromatic rings. The Kier molecular flexibility index (Phi) is 3.17. The van der Waals surface area contributed by atoms with E-state index in [1.54, 1.807) is 7.05 Å². The molecule has 6 N–H and O–H groups in total. The number of aromatic nitrogens is 4. The van der Waals surface area contributed by atoms with Crippen LogP contribution >= 0.6 is 0 Å². The van der Waals surface area contributed by atoms with E-state index >= 15 is 0 Å². The van der Waals surface area contributed by atoms with Gasteiger partial charge >= 0.3 is 5.65 Å². The van der Waals surface area contributed by atoms with Crippen molar-refractivity contribution in [1.29, 1.82) is 0 Å². The molecule has 10 nitrogen and oxygen atoms in total. The number of ether oxygens (including phenoxy) is 1. The Morgan fingerprint density at radius 3 is 2.86 bits per heavy atom. The van der Waals surface area contributed by atoms with Gasteiger partial charge in [-0.05, 0) is 0 Å². The molecule has 0 radical (unpaired) electrons. The lowest BCUT2D eigenvalue weighted by molar-refractivity contribution is -0.745. The summed E-state index contributed by atoms with van der Waals surface area (Å²) in [6.45, 7) is -0.434. The largest absolute Gasteiger partial charge is 0.394 e. The standard InChI is InChI=1S/C11H15N5O5/c1-15-3-16(8-5(15)9(20)14-11(12)13-8)10-7(19)6(18)4(2-17)21-10/h3-4,6-7,10,17-19H,2H2,1H3,(H2-,12,13,14,20)/p+1/t4-,6+,7+,10+/m0/s1. The summed E-state index contributed by atoms with van der Waals surface area (Å²) in [6.07, 6.45) is -2.88. The molecule has 10 heteroatoms. The molecule has 3 heterocycles. The summed E-state index contributed by atoms with van der Waals surface area (Å²) in [5.41, 5.74) is 5.58. The van der Waals surface area contributed by atoms with Crippen LogP contribution in [0.15, 0.2) is 11.1 Å². The summed E-state index contributed by atoms with van der Waals surface area (Å²) in [6, 6.07) is 0. The van der Waals surface area contributed by atoms with Gasteiger partial charge in [0, 0.05) is 0 Å². The maximum absolute atomic E-state index is 11.9. The first-order chi connectivity index (χ1) is 9.93. The fourth-order valence-electron chi connectivity index (χ4n) is 2.57. The highest BCUT2D eigenvalue weighted by Gasteiger charge is 2.46. The SMILES string of the molecule is Cn1c[n+]([C@@H]2O[C@@H](CO)[C@@H](O)[C@H]2O)c2nc(N)[nH]c(=O)c21. The van der Waals surface area contributed by atoms with Crippen LogP contribution in [0.25, 0.3) is 11.2 Å². The Morgan fingerprint density at radius 1 is 1.52 bits per heavy atom. The summed E-state index contributed by atoms with van der Waals surface area (Å²) in [5, 5.41) is 29.0. The van der Waals surface area contributed by atoms with Crippen molar-refractivity contribution >= 4 is 17.1 Å². The zero-order valence-electron chi connectivity index (χ0n) is 11.2. The number of nitrogen functional groups attached to an aromatic ring is 1. The van der Waals surface area contributed by atoms with Crippen LogP contribution in [0.3, 0.4) is 0 Å². The second-order valence-electron chi connectivity index (χ2n) is 4.99. The predicted molar refractivity (Wildman–Crippen MR) is 69.0 cm³/mol. The van der Waals surface area contributed by atoms with Crippen LogP contribution in [0.2, 0.25) is 0 Å². The number of aliphatic hydroxyl groups is 3. The van der Waals surface area contributed by atoms with Crippen molar-refractivity contribution in [3.05, 3.63) is 16.7 Å². The Balaban J connectivity index is 2.16. The second kappa shape index (κ2) is 4.77. The average Bonchev–Trinajstić information content (AvgIpc) is 2.89. The number of fused-ring (bicyclic) bond motifs is 1. The smallest absolute Gasteiger partial charge is 0.313 e. The van der Waals surface area contributed by atoms with Crippen LogP contribution in [-0.2, 0) is 11.8 Å². The third kappa shape index (κ3) is 2.00. The molecule has 1 aliphatic heterocycles. The molecule has 0 aromatic carbocycles. The lowest BCUT2D eigenvalue weighted by Gasteiger charge is -2.11. The summed E-state index contributed by atoms with van der Waals surface area (Å²) in [4.78, 5) is 18.3. The molecule has 0 bridgehead atoms. The highest BCUT2D eigenvalue weighted by atomic mass is 16.6. The molecule has 4 atom stereocenters. The number of aryl methyl sites for hydroxylation is 1. The van der Waals surface area contributed by atoms with E-state index in [0.29, 0.717) is 0 Å². The van der Waals surface area contributed by atoms with E-state index in [0.717, 1.165) is 0 Å². The number of anilines is 1. The molecule has 2 aromatic heterocycles. The van der Waals surface area contributed by atoms with E-state index < -0.39 is 36.7 Å². The fraction of sp³-hybridized carbons (Fsp3) is 0.545. The fourth-order valence-corrected chi connectivity index (χ4v) is 2.57. The first-order valence-electron chi connectivity index (χ1n) is 6.32. The van der Waals surface area contributed by atoms with Crippen LogP contribution < -0.4 is 15.9 Å². The number of hydrogen-bond acceptors (Lipinski definition) is 7. The molecule has 114 valence electrons. The topological polar surface area (TPSA) is 150 Å². The zero-order chi connectivity index (χ0) is 15.3. The van der Waals surface area contributed by atoms with Gasteiger partial charge in [0.25, 0.3) is 11.5 Å². The molecule has 3 rings (SSSR count). The Hall–Kier alpha value is -2.01. The number of rotatable bonds is 2. The van der Waals surface area contributed by atoms with Gasteiger partial charge in [0.15, 0.2) is 6.33 Å². The normalized spacial score (nSPS) is 29.3. The molecule has 0 unspecified atom stereocenters. The number of aromatic amines is 1. The molecule has 1 fully saturated rings. The number of nitrogens with zero attached hydrogens (tertiary/aromatic N) is 3. The van der Waals surface area contributed by atoms with Crippen molar-refractivity contribution in [3.63, 3.8) is 0 Å². The van der Waals surface area contributed by atoms with Gasteiger partial charge < -0.3 is 25.8 Å². The van der Waals surface area contributed by atoms with Gasteiger partial charge in [0.05, 0.1) is 13.7 Å². The number of nitrogens with one attached hydrogen (secondary N) is 1. The van der Waals surface area contributed by atoms with Crippen LogP contribution in [0, 0.1) is 0 Å². The van der Waals surface area contributed by atoms with Crippen LogP contribution in [-0.4, -0.2) is 54.8 Å². The third-order valence-electron chi connectivity index (χ3n) is 3.58. The van der Waals surface area contributed by atoms with Gasteiger partial charge in [-0.15, -0.1) is 0 Å². The van der Waals surface area contributed by atoms with Crippen LogP contribution in [0.5, 0.6) is 0 Å². The highest BCUT2D eigenvalue weighted by Crippen LogP contribution is 2.26. The summed E-state index contributed by atoms with van der Waals surface area (Å²) < 4.78 is 8.35. The molecule has 0 spiro atoms. The molecule has 21 heavy (non-hydrogen) atoms. The van der Waals surface area contributed by atoms with Crippen molar-refractivity contribution in [3.8, 4) is 0 Å². The lowest BCUT2D eigenvalue weighted by atomic mass is 10.1. The van der Waals surface area contributed by atoms with Gasteiger partial charge in [-0.1, -0.05) is 4.98 Å². The van der Waals surface area contributed by atoms with Crippen molar-refractivity contribution in [2.24, 2.45) is 7.05 Å². The van der Waals surface area contributed by atoms with Crippen molar-refractivity contribution in [1.82, 2.24) is 14.5 Å². The van der Waals surface area contributed by atoms with Gasteiger partial charge in [0.1, 0.15) is 18.3 Å². The monoisotopic (exact) mass is 298 g/mol. The molecule has 1 aliphatic rings. The van der Waals surface area contributed by atoms with E-state index in [9.17, 15) is 15.0 Å². The number of H-pyrrole nitrogens is 1. The van der Waals surface area contributed by atoms with Crippen molar-refractivity contribution in [2.75, 3.05) is 12.3 Å². The average molecular weight is 298 g/mol. The maximum atomic E-state index is 11.9. The number of hydrogen-bond donors (Lipinski definition) is 5. The molecular weight excluding hydrogens is 282 g/mol. The Labute approximate surface area is 118 Å².